The lowest BCUT2D eigenvalue weighted by Gasteiger charge is -2.16. The van der Waals surface area contributed by atoms with Crippen LogP contribution in [0.4, 0.5) is 0 Å². The summed E-state index contributed by atoms with van der Waals surface area (Å²) in [6, 6.07) is 0. The van der Waals surface area contributed by atoms with Crippen LogP contribution in [-0.2, 0) is 0 Å². The van der Waals surface area contributed by atoms with Crippen molar-refractivity contribution in [1.82, 2.24) is 12.3 Å². The normalized spacial score (nSPS) is 8.62. The van der Waals surface area contributed by atoms with Gasteiger partial charge in [-0.15, -0.1) is 13.2 Å². The van der Waals surface area contributed by atoms with E-state index in [-0.39, 0.29) is 12.3 Å². The van der Waals surface area contributed by atoms with Gasteiger partial charge in [-0.1, -0.05) is 47.0 Å². The van der Waals surface area contributed by atoms with Crippen LogP contribution >= 0.6 is 0 Å². The summed E-state index contributed by atoms with van der Waals surface area (Å²) in [4.78, 5) is 0. The van der Waals surface area contributed by atoms with Gasteiger partial charge >= 0.3 is 0 Å². The first-order valence-corrected chi connectivity index (χ1v) is 4.56. The fourth-order valence-corrected chi connectivity index (χ4v) is 0.905. The standard InChI is InChI=1S/C9H20.C2H4.2H3N/c1-5-6-7-8-9(2,3)4;1-2;;/h5-8H2,1-4H3;1-2H2;2*1H3. The molecule has 0 radical (unpaired) electrons. The van der Waals surface area contributed by atoms with E-state index >= 15 is 0 Å². The van der Waals surface area contributed by atoms with Crippen LogP contribution in [0.2, 0.25) is 0 Å². The van der Waals surface area contributed by atoms with Crippen LogP contribution in [0, 0.1) is 5.41 Å². The van der Waals surface area contributed by atoms with Crippen molar-refractivity contribution in [1.29, 1.82) is 0 Å². The molecule has 0 spiro atoms. The second-order valence-corrected chi connectivity index (χ2v) is 4.02. The molecule has 13 heavy (non-hydrogen) atoms. The molecule has 0 fully saturated rings. The van der Waals surface area contributed by atoms with Crippen LogP contribution in [0.5, 0.6) is 0 Å². The first-order valence-electron chi connectivity index (χ1n) is 4.56. The number of rotatable bonds is 3. The summed E-state index contributed by atoms with van der Waals surface area (Å²) in [5.41, 5.74) is 0.551. The van der Waals surface area contributed by atoms with Crippen molar-refractivity contribution >= 4 is 0 Å². The smallest absolute Gasteiger partial charge is 0.0383 e. The van der Waals surface area contributed by atoms with E-state index in [4.69, 9.17) is 0 Å². The second-order valence-electron chi connectivity index (χ2n) is 4.02. The van der Waals surface area contributed by atoms with Crippen LogP contribution in [-0.4, -0.2) is 0 Å². The van der Waals surface area contributed by atoms with Crippen molar-refractivity contribution in [3.05, 3.63) is 13.2 Å². The predicted octanol–water partition coefficient (Wildman–Crippen LogP) is 4.74. The zero-order valence-electron chi connectivity index (χ0n) is 10.2. The molecule has 0 saturated carbocycles. The zero-order chi connectivity index (χ0) is 9.33. The summed E-state index contributed by atoms with van der Waals surface area (Å²) >= 11 is 0. The third-order valence-corrected chi connectivity index (χ3v) is 1.53. The molecule has 0 bridgehead atoms. The van der Waals surface area contributed by atoms with Crippen LogP contribution < -0.4 is 12.3 Å². The summed E-state index contributed by atoms with van der Waals surface area (Å²) in [7, 11) is 0. The summed E-state index contributed by atoms with van der Waals surface area (Å²) in [5.74, 6) is 0. The summed E-state index contributed by atoms with van der Waals surface area (Å²) in [6.07, 6.45) is 5.52. The highest BCUT2D eigenvalue weighted by molar-refractivity contribution is 4.60. The monoisotopic (exact) mass is 190 g/mol. The first-order chi connectivity index (χ1) is 5.06. The van der Waals surface area contributed by atoms with Crippen molar-refractivity contribution in [2.45, 2.75) is 53.4 Å². The van der Waals surface area contributed by atoms with Gasteiger partial charge in [-0.05, 0) is 11.8 Å². The second kappa shape index (κ2) is 14.2. The summed E-state index contributed by atoms with van der Waals surface area (Å²) < 4.78 is 0. The molecule has 0 aromatic rings. The Morgan fingerprint density at radius 1 is 0.923 bits per heavy atom. The van der Waals surface area contributed by atoms with Gasteiger partial charge in [-0.3, -0.25) is 0 Å². The molecule has 0 aromatic carbocycles. The Kier molecular flexibility index (Phi) is 25.1. The molecule has 0 amide bonds. The summed E-state index contributed by atoms with van der Waals surface area (Å²) in [5, 5.41) is 0. The lowest BCUT2D eigenvalue weighted by atomic mass is 9.90. The first kappa shape index (κ1) is 23.0. The molecule has 6 N–H and O–H groups in total. The Morgan fingerprint density at radius 2 is 1.31 bits per heavy atom. The van der Waals surface area contributed by atoms with E-state index in [1.165, 1.54) is 25.7 Å². The molecule has 0 aliphatic carbocycles. The highest BCUT2D eigenvalue weighted by atomic mass is 14.1. The molecule has 0 aliphatic heterocycles. The van der Waals surface area contributed by atoms with Crippen molar-refractivity contribution in [2.24, 2.45) is 5.41 Å². The van der Waals surface area contributed by atoms with E-state index in [2.05, 4.69) is 40.9 Å². The predicted molar refractivity (Wildman–Crippen MR) is 64.9 cm³/mol. The zero-order valence-corrected chi connectivity index (χ0v) is 10.2. The van der Waals surface area contributed by atoms with Gasteiger partial charge < -0.3 is 12.3 Å². The maximum Gasteiger partial charge on any atom is -0.0383 e. The maximum atomic E-state index is 3.00. The lowest BCUT2D eigenvalue weighted by molar-refractivity contribution is 0.359. The third kappa shape index (κ3) is 34.0. The quantitative estimate of drug-likeness (QED) is 0.498. The summed E-state index contributed by atoms with van der Waals surface area (Å²) in [6.45, 7) is 15.2. The van der Waals surface area contributed by atoms with E-state index in [1.807, 2.05) is 0 Å². The highest BCUT2D eigenvalue weighted by Gasteiger charge is 2.07. The van der Waals surface area contributed by atoms with Crippen molar-refractivity contribution in [3.8, 4) is 0 Å². The molecular formula is C11H30N2. The van der Waals surface area contributed by atoms with Crippen molar-refractivity contribution < 1.29 is 0 Å². The number of unbranched alkanes of at least 4 members (excludes halogenated alkanes) is 2. The Labute approximate surface area is 85.0 Å². The number of hydrogen-bond acceptors (Lipinski definition) is 2. The maximum absolute atomic E-state index is 3.00. The van der Waals surface area contributed by atoms with Gasteiger partial charge in [-0.2, -0.15) is 0 Å². The third-order valence-electron chi connectivity index (χ3n) is 1.53. The van der Waals surface area contributed by atoms with Crippen molar-refractivity contribution in [3.63, 3.8) is 0 Å². The van der Waals surface area contributed by atoms with Crippen molar-refractivity contribution in [2.75, 3.05) is 0 Å². The Morgan fingerprint density at radius 3 is 1.54 bits per heavy atom. The molecule has 0 atom stereocenters. The van der Waals surface area contributed by atoms with Gasteiger partial charge in [0.15, 0.2) is 0 Å². The minimum atomic E-state index is 0. The van der Waals surface area contributed by atoms with E-state index in [0.717, 1.165) is 0 Å². The topological polar surface area (TPSA) is 70.0 Å². The number of hydrogen-bond donors (Lipinski definition) is 2. The highest BCUT2D eigenvalue weighted by Crippen LogP contribution is 2.21. The molecular weight excluding hydrogens is 160 g/mol. The van der Waals surface area contributed by atoms with Crippen LogP contribution in [0.3, 0.4) is 0 Å². The Bertz CT molecular complexity index is 74.6. The molecule has 0 aliphatic rings. The van der Waals surface area contributed by atoms with Gasteiger partial charge in [0.25, 0.3) is 0 Å². The molecule has 0 aromatic heterocycles. The molecule has 0 rings (SSSR count). The molecule has 0 heterocycles. The molecule has 2 heteroatoms. The van der Waals surface area contributed by atoms with Crippen LogP contribution in [0.1, 0.15) is 53.4 Å². The largest absolute Gasteiger partial charge is 0.344 e. The van der Waals surface area contributed by atoms with Gasteiger partial charge in [0.1, 0.15) is 0 Å². The van der Waals surface area contributed by atoms with E-state index < -0.39 is 0 Å². The van der Waals surface area contributed by atoms with Gasteiger partial charge in [0.2, 0.25) is 0 Å². The lowest BCUT2D eigenvalue weighted by Crippen LogP contribution is -2.03. The molecule has 0 saturated heterocycles. The minimum Gasteiger partial charge on any atom is -0.344 e. The van der Waals surface area contributed by atoms with Gasteiger partial charge in [-0.25, -0.2) is 0 Å². The van der Waals surface area contributed by atoms with Crippen LogP contribution in [0.25, 0.3) is 0 Å². The van der Waals surface area contributed by atoms with E-state index in [9.17, 15) is 0 Å². The molecule has 2 nitrogen and oxygen atoms in total. The Hall–Kier alpha value is -0.340. The molecule has 84 valence electrons. The van der Waals surface area contributed by atoms with E-state index in [1.54, 1.807) is 0 Å². The average Bonchev–Trinajstić information content (AvgIpc) is 1.90. The SMILES string of the molecule is C=C.CCCCCC(C)(C)C.N.N. The van der Waals surface area contributed by atoms with E-state index in [0.29, 0.717) is 5.41 Å². The van der Waals surface area contributed by atoms with Crippen LogP contribution in [0.15, 0.2) is 13.2 Å². The molecule has 0 unspecified atom stereocenters. The van der Waals surface area contributed by atoms with Gasteiger partial charge in [0.05, 0.1) is 0 Å². The van der Waals surface area contributed by atoms with Gasteiger partial charge in [0, 0.05) is 0 Å². The fraction of sp³-hybridized carbons (Fsp3) is 0.818. The minimum absolute atomic E-state index is 0. The fourth-order valence-electron chi connectivity index (χ4n) is 0.905. The average molecular weight is 190 g/mol. The Balaban J connectivity index is -0.0000000941.